The van der Waals surface area contributed by atoms with Crippen LogP contribution in [0.3, 0.4) is 0 Å². The molecule has 3 aromatic rings. The lowest BCUT2D eigenvalue weighted by Gasteiger charge is -2.34. The van der Waals surface area contributed by atoms with Crippen LogP contribution in [0.5, 0.6) is 0 Å². The van der Waals surface area contributed by atoms with Crippen LogP contribution in [0.15, 0.2) is 59.5 Å². The van der Waals surface area contributed by atoms with E-state index < -0.39 is 10.0 Å². The number of rotatable bonds is 3. The maximum absolute atomic E-state index is 13.1. The molecule has 2 aromatic carbocycles. The zero-order chi connectivity index (χ0) is 20.6. The molecule has 0 radical (unpaired) electrons. The summed E-state index contributed by atoms with van der Waals surface area (Å²) in [6, 6.07) is 15.5. The second-order valence-electron chi connectivity index (χ2n) is 6.98. The van der Waals surface area contributed by atoms with Crippen LogP contribution in [0.1, 0.15) is 16.1 Å². The molecule has 8 heteroatoms. The maximum Gasteiger partial charge on any atom is 0.254 e. The van der Waals surface area contributed by atoms with Crippen molar-refractivity contribution >= 4 is 38.4 Å². The molecule has 0 unspecified atom stereocenters. The van der Waals surface area contributed by atoms with E-state index in [0.717, 1.165) is 16.6 Å². The van der Waals surface area contributed by atoms with Gasteiger partial charge in [-0.15, -0.1) is 0 Å². The maximum atomic E-state index is 13.1. The molecule has 1 aromatic heterocycles. The van der Waals surface area contributed by atoms with Gasteiger partial charge >= 0.3 is 0 Å². The van der Waals surface area contributed by atoms with E-state index in [1.807, 2.05) is 31.2 Å². The zero-order valence-corrected chi connectivity index (χ0v) is 17.4. The normalized spacial score (nSPS) is 15.6. The highest BCUT2D eigenvalue weighted by atomic mass is 35.5. The van der Waals surface area contributed by atoms with Crippen molar-refractivity contribution in [3.63, 3.8) is 0 Å². The number of hydrogen-bond donors (Lipinski definition) is 0. The van der Waals surface area contributed by atoms with Gasteiger partial charge in [0.1, 0.15) is 0 Å². The Labute approximate surface area is 174 Å². The molecule has 1 fully saturated rings. The van der Waals surface area contributed by atoms with Crippen LogP contribution < -0.4 is 0 Å². The standard InChI is InChI=1S/C21H20ClN3O3S/c1-15-14-19(18-4-2-3-5-20(18)23-15)21(26)24-10-12-25(13-11-24)29(27,28)17-8-6-16(22)7-9-17/h2-9,14H,10-13H2,1H3. The molecule has 4 rings (SSSR count). The van der Waals surface area contributed by atoms with Gasteiger partial charge in [-0.25, -0.2) is 8.42 Å². The van der Waals surface area contributed by atoms with Gasteiger partial charge in [0.15, 0.2) is 0 Å². The molecule has 0 N–H and O–H groups in total. The van der Waals surface area contributed by atoms with Gasteiger partial charge in [-0.2, -0.15) is 4.31 Å². The summed E-state index contributed by atoms with van der Waals surface area (Å²) in [7, 11) is -3.61. The third kappa shape index (κ3) is 3.85. The Kier molecular flexibility index (Phi) is 5.29. The zero-order valence-electron chi connectivity index (χ0n) is 15.9. The summed E-state index contributed by atoms with van der Waals surface area (Å²) in [6.07, 6.45) is 0. The van der Waals surface area contributed by atoms with Crippen LogP contribution in [-0.2, 0) is 10.0 Å². The summed E-state index contributed by atoms with van der Waals surface area (Å²) >= 11 is 5.86. The van der Waals surface area contributed by atoms with Crippen LogP contribution in [0.4, 0.5) is 0 Å². The minimum absolute atomic E-state index is 0.102. The lowest BCUT2D eigenvalue weighted by Crippen LogP contribution is -2.50. The van der Waals surface area contributed by atoms with Gasteiger partial charge < -0.3 is 4.90 Å². The summed E-state index contributed by atoms with van der Waals surface area (Å²) in [5.41, 5.74) is 2.15. The SMILES string of the molecule is Cc1cc(C(=O)N2CCN(S(=O)(=O)c3ccc(Cl)cc3)CC2)c2ccccc2n1. The number of sulfonamides is 1. The van der Waals surface area contributed by atoms with Crippen molar-refractivity contribution in [2.45, 2.75) is 11.8 Å². The molecule has 1 aliphatic rings. The van der Waals surface area contributed by atoms with E-state index in [2.05, 4.69) is 4.98 Å². The monoisotopic (exact) mass is 429 g/mol. The molecule has 1 amide bonds. The number of para-hydroxylation sites is 1. The smallest absolute Gasteiger partial charge is 0.254 e. The highest BCUT2D eigenvalue weighted by molar-refractivity contribution is 7.89. The molecule has 0 bridgehead atoms. The first-order chi connectivity index (χ1) is 13.9. The number of carbonyl (C=O) groups is 1. The Morgan fingerprint density at radius 2 is 1.66 bits per heavy atom. The number of halogens is 1. The van der Waals surface area contributed by atoms with Crippen molar-refractivity contribution < 1.29 is 13.2 Å². The Hall–Kier alpha value is -2.48. The number of benzene rings is 2. The van der Waals surface area contributed by atoms with Crippen molar-refractivity contribution in [2.24, 2.45) is 0 Å². The van der Waals surface area contributed by atoms with E-state index in [0.29, 0.717) is 23.7 Å². The second-order valence-corrected chi connectivity index (χ2v) is 9.35. The summed E-state index contributed by atoms with van der Waals surface area (Å²) in [5, 5.41) is 1.29. The van der Waals surface area contributed by atoms with Crippen LogP contribution in [0, 0.1) is 6.92 Å². The van der Waals surface area contributed by atoms with E-state index in [4.69, 9.17) is 11.6 Å². The number of piperazine rings is 1. The lowest BCUT2D eigenvalue weighted by atomic mass is 10.1. The first kappa shape index (κ1) is 19.8. The molecule has 150 valence electrons. The van der Waals surface area contributed by atoms with Gasteiger partial charge in [-0.3, -0.25) is 9.78 Å². The molecule has 0 atom stereocenters. The van der Waals surface area contributed by atoms with Crippen LogP contribution in [0.2, 0.25) is 5.02 Å². The first-order valence-corrected chi connectivity index (χ1v) is 11.1. The number of pyridine rings is 1. The highest BCUT2D eigenvalue weighted by Crippen LogP contribution is 2.23. The average molecular weight is 430 g/mol. The molecule has 1 aliphatic heterocycles. The number of carbonyl (C=O) groups excluding carboxylic acids is 1. The topological polar surface area (TPSA) is 70.6 Å². The van der Waals surface area contributed by atoms with E-state index in [1.165, 1.54) is 16.4 Å². The molecular weight excluding hydrogens is 410 g/mol. The van der Waals surface area contributed by atoms with Gasteiger partial charge in [0.2, 0.25) is 10.0 Å². The van der Waals surface area contributed by atoms with Crippen molar-refractivity contribution in [1.82, 2.24) is 14.2 Å². The minimum atomic E-state index is -3.61. The Morgan fingerprint density at radius 3 is 2.34 bits per heavy atom. The van der Waals surface area contributed by atoms with Crippen molar-refractivity contribution in [2.75, 3.05) is 26.2 Å². The van der Waals surface area contributed by atoms with E-state index in [1.54, 1.807) is 23.1 Å². The van der Waals surface area contributed by atoms with E-state index in [-0.39, 0.29) is 23.9 Å². The van der Waals surface area contributed by atoms with E-state index in [9.17, 15) is 13.2 Å². The minimum Gasteiger partial charge on any atom is -0.336 e. The van der Waals surface area contributed by atoms with Gasteiger partial charge in [-0.05, 0) is 43.3 Å². The predicted octanol–water partition coefficient (Wildman–Crippen LogP) is 3.34. The number of fused-ring (bicyclic) bond motifs is 1. The molecule has 1 saturated heterocycles. The fraction of sp³-hybridized carbons (Fsp3) is 0.238. The number of amides is 1. The molecule has 2 heterocycles. The molecular formula is C21H20ClN3O3S. The second kappa shape index (κ2) is 7.74. The van der Waals surface area contributed by atoms with Crippen molar-refractivity contribution in [1.29, 1.82) is 0 Å². The fourth-order valence-corrected chi connectivity index (χ4v) is 5.09. The lowest BCUT2D eigenvalue weighted by molar-refractivity contribution is 0.0699. The quantitative estimate of drug-likeness (QED) is 0.640. The predicted molar refractivity (Wildman–Crippen MR) is 113 cm³/mol. The highest BCUT2D eigenvalue weighted by Gasteiger charge is 2.31. The van der Waals surface area contributed by atoms with Crippen molar-refractivity contribution in [3.05, 3.63) is 70.9 Å². The fourth-order valence-electron chi connectivity index (χ4n) is 3.54. The third-order valence-corrected chi connectivity index (χ3v) is 7.22. The largest absolute Gasteiger partial charge is 0.336 e. The van der Waals surface area contributed by atoms with Crippen molar-refractivity contribution in [3.8, 4) is 0 Å². The average Bonchev–Trinajstić information content (AvgIpc) is 2.73. The molecule has 0 saturated carbocycles. The number of nitrogens with zero attached hydrogens (tertiary/aromatic N) is 3. The van der Waals surface area contributed by atoms with Gasteiger partial charge in [0, 0.05) is 42.3 Å². The molecule has 29 heavy (non-hydrogen) atoms. The summed E-state index contributed by atoms with van der Waals surface area (Å²) in [6.45, 7) is 3.03. The van der Waals surface area contributed by atoms with Crippen LogP contribution in [0.25, 0.3) is 10.9 Å². The Bertz CT molecular complexity index is 1170. The van der Waals surface area contributed by atoms with Gasteiger partial charge in [0.05, 0.1) is 16.0 Å². The van der Waals surface area contributed by atoms with Gasteiger partial charge in [0.25, 0.3) is 5.91 Å². The molecule has 0 spiro atoms. The Balaban J connectivity index is 1.53. The third-order valence-electron chi connectivity index (χ3n) is 5.05. The van der Waals surface area contributed by atoms with E-state index >= 15 is 0 Å². The molecule has 0 aliphatic carbocycles. The Morgan fingerprint density at radius 1 is 1.00 bits per heavy atom. The number of hydrogen-bond acceptors (Lipinski definition) is 4. The van der Waals surface area contributed by atoms with Crippen LogP contribution in [-0.4, -0.2) is 54.7 Å². The first-order valence-electron chi connectivity index (χ1n) is 9.27. The summed E-state index contributed by atoms with van der Waals surface area (Å²) < 4.78 is 27.1. The van der Waals surface area contributed by atoms with Gasteiger partial charge in [-0.1, -0.05) is 29.8 Å². The van der Waals surface area contributed by atoms with Crippen LogP contribution >= 0.6 is 11.6 Å². The number of aromatic nitrogens is 1. The summed E-state index contributed by atoms with van der Waals surface area (Å²) in [5.74, 6) is -0.102. The molecule has 6 nitrogen and oxygen atoms in total. The number of aryl methyl sites for hydroxylation is 1. The summed E-state index contributed by atoms with van der Waals surface area (Å²) in [4.78, 5) is 19.5.